The lowest BCUT2D eigenvalue weighted by Gasteiger charge is -2.17. The van der Waals surface area contributed by atoms with E-state index in [1.807, 2.05) is 31.2 Å². The average molecular weight is 315 g/mol. The second kappa shape index (κ2) is 5.81. The number of carbonyl (C=O) groups excluding carboxylic acids is 2. The van der Waals surface area contributed by atoms with Gasteiger partial charge in [-0.1, -0.05) is 41.9 Å². The van der Waals surface area contributed by atoms with Gasteiger partial charge in [-0.15, -0.1) is 0 Å². The van der Waals surface area contributed by atoms with Gasteiger partial charge in [0, 0.05) is 5.69 Å². The monoisotopic (exact) mass is 314 g/mol. The Balaban J connectivity index is 1.86. The predicted molar refractivity (Wildman–Crippen MR) is 87.2 cm³/mol. The predicted octanol–water partition coefficient (Wildman–Crippen LogP) is 3.39. The van der Waals surface area contributed by atoms with E-state index >= 15 is 0 Å². The van der Waals surface area contributed by atoms with Crippen molar-refractivity contribution in [1.82, 2.24) is 0 Å². The van der Waals surface area contributed by atoms with Gasteiger partial charge in [0.15, 0.2) is 0 Å². The molecule has 3 rings (SSSR count). The maximum atomic E-state index is 12.6. The van der Waals surface area contributed by atoms with Gasteiger partial charge in [-0.25, -0.2) is 4.90 Å². The summed E-state index contributed by atoms with van der Waals surface area (Å²) < 4.78 is 0. The van der Waals surface area contributed by atoms with Crippen LogP contribution in [0, 0.1) is 6.92 Å². The first kappa shape index (κ1) is 14.6. The highest BCUT2D eigenvalue weighted by Crippen LogP contribution is 2.31. The number of rotatable bonds is 3. The Bertz CT molecular complexity index is 745. The van der Waals surface area contributed by atoms with Crippen molar-refractivity contribution in [2.75, 3.05) is 10.2 Å². The zero-order chi connectivity index (χ0) is 15.7. The van der Waals surface area contributed by atoms with Gasteiger partial charge >= 0.3 is 0 Å². The first-order valence-electron chi connectivity index (χ1n) is 7.01. The van der Waals surface area contributed by atoms with E-state index in [9.17, 15) is 9.59 Å². The topological polar surface area (TPSA) is 49.4 Å². The second-order valence-corrected chi connectivity index (χ2v) is 5.64. The number of carbonyl (C=O) groups is 2. The zero-order valence-corrected chi connectivity index (χ0v) is 12.8. The molecule has 0 spiro atoms. The lowest BCUT2D eigenvalue weighted by molar-refractivity contribution is -0.121. The third-order valence-corrected chi connectivity index (χ3v) is 4.03. The number of amides is 2. The van der Waals surface area contributed by atoms with Gasteiger partial charge in [0.25, 0.3) is 5.91 Å². The van der Waals surface area contributed by atoms with Crippen LogP contribution in [0.1, 0.15) is 12.0 Å². The Morgan fingerprint density at radius 3 is 2.50 bits per heavy atom. The van der Waals surface area contributed by atoms with Gasteiger partial charge in [0.1, 0.15) is 6.04 Å². The normalized spacial score (nSPS) is 17.9. The number of aryl methyl sites for hydroxylation is 1. The van der Waals surface area contributed by atoms with Crippen molar-refractivity contribution >= 4 is 34.8 Å². The number of para-hydroxylation sites is 2. The van der Waals surface area contributed by atoms with E-state index in [1.165, 1.54) is 0 Å². The van der Waals surface area contributed by atoms with E-state index in [1.54, 1.807) is 24.3 Å². The first-order chi connectivity index (χ1) is 10.6. The quantitative estimate of drug-likeness (QED) is 0.883. The smallest absolute Gasteiger partial charge is 0.256 e. The molecule has 2 aromatic rings. The Morgan fingerprint density at radius 2 is 1.77 bits per heavy atom. The Kier molecular flexibility index (Phi) is 3.86. The van der Waals surface area contributed by atoms with Crippen LogP contribution in [0.2, 0.25) is 5.02 Å². The summed E-state index contributed by atoms with van der Waals surface area (Å²) in [6.45, 7) is 1.95. The van der Waals surface area contributed by atoms with Crippen LogP contribution in [0.15, 0.2) is 48.5 Å². The molecular weight excluding hydrogens is 300 g/mol. The molecular formula is C17H15ClN2O2. The third kappa shape index (κ3) is 2.57. The van der Waals surface area contributed by atoms with Crippen LogP contribution in [-0.2, 0) is 9.59 Å². The second-order valence-electron chi connectivity index (χ2n) is 5.23. The van der Waals surface area contributed by atoms with Gasteiger partial charge < -0.3 is 5.32 Å². The van der Waals surface area contributed by atoms with E-state index in [0.717, 1.165) is 16.2 Å². The molecule has 0 bridgehead atoms. The summed E-state index contributed by atoms with van der Waals surface area (Å²) in [4.78, 5) is 26.0. The molecule has 2 amide bonds. The van der Waals surface area contributed by atoms with E-state index in [0.29, 0.717) is 10.7 Å². The molecule has 5 heteroatoms. The van der Waals surface area contributed by atoms with E-state index in [-0.39, 0.29) is 18.2 Å². The molecule has 0 radical (unpaired) electrons. The molecule has 1 aliphatic rings. The summed E-state index contributed by atoms with van der Waals surface area (Å²) in [5, 5.41) is 3.54. The highest BCUT2D eigenvalue weighted by atomic mass is 35.5. The third-order valence-electron chi connectivity index (χ3n) is 3.71. The fourth-order valence-electron chi connectivity index (χ4n) is 2.55. The van der Waals surface area contributed by atoms with Crippen molar-refractivity contribution in [3.05, 3.63) is 59.1 Å². The van der Waals surface area contributed by atoms with Crippen LogP contribution < -0.4 is 10.2 Å². The van der Waals surface area contributed by atoms with Crippen molar-refractivity contribution in [2.24, 2.45) is 0 Å². The van der Waals surface area contributed by atoms with Crippen LogP contribution >= 0.6 is 11.6 Å². The minimum Gasteiger partial charge on any atom is -0.373 e. The Morgan fingerprint density at radius 1 is 1.09 bits per heavy atom. The Labute approximate surface area is 133 Å². The fraction of sp³-hybridized carbons (Fsp3) is 0.176. The summed E-state index contributed by atoms with van der Waals surface area (Å²) >= 11 is 6.10. The minimum absolute atomic E-state index is 0.123. The van der Waals surface area contributed by atoms with Crippen LogP contribution in [0.4, 0.5) is 11.4 Å². The molecule has 0 saturated carbocycles. The van der Waals surface area contributed by atoms with Crippen molar-refractivity contribution < 1.29 is 9.59 Å². The number of imide groups is 1. The number of halogens is 1. The van der Waals surface area contributed by atoms with Gasteiger partial charge in [-0.3, -0.25) is 9.59 Å². The zero-order valence-electron chi connectivity index (χ0n) is 12.0. The van der Waals surface area contributed by atoms with Crippen LogP contribution in [-0.4, -0.2) is 17.9 Å². The van der Waals surface area contributed by atoms with Crippen molar-refractivity contribution in [2.45, 2.75) is 19.4 Å². The lowest BCUT2D eigenvalue weighted by atomic mass is 10.1. The molecule has 1 N–H and O–H groups in total. The molecule has 1 heterocycles. The number of hydrogen-bond acceptors (Lipinski definition) is 3. The van der Waals surface area contributed by atoms with Gasteiger partial charge in [0.2, 0.25) is 5.91 Å². The average Bonchev–Trinajstić information content (AvgIpc) is 2.77. The highest BCUT2D eigenvalue weighted by Gasteiger charge is 2.40. The molecule has 1 saturated heterocycles. The summed E-state index contributed by atoms with van der Waals surface area (Å²) in [6.07, 6.45) is 0.123. The molecule has 2 aromatic carbocycles. The summed E-state index contributed by atoms with van der Waals surface area (Å²) in [5.74, 6) is -0.523. The molecule has 112 valence electrons. The summed E-state index contributed by atoms with van der Waals surface area (Å²) in [7, 11) is 0. The van der Waals surface area contributed by atoms with Crippen molar-refractivity contribution in [1.29, 1.82) is 0 Å². The summed E-state index contributed by atoms with van der Waals surface area (Å²) in [6, 6.07) is 14.0. The maximum absolute atomic E-state index is 12.6. The van der Waals surface area contributed by atoms with Gasteiger partial charge in [-0.2, -0.15) is 0 Å². The number of nitrogens with one attached hydrogen (secondary N) is 1. The van der Waals surface area contributed by atoms with Gasteiger partial charge in [0.05, 0.1) is 17.1 Å². The van der Waals surface area contributed by atoms with Crippen molar-refractivity contribution in [3.63, 3.8) is 0 Å². The van der Waals surface area contributed by atoms with E-state index in [2.05, 4.69) is 5.32 Å². The number of benzene rings is 2. The summed E-state index contributed by atoms with van der Waals surface area (Å²) in [5.41, 5.74) is 2.32. The Hall–Kier alpha value is -2.33. The van der Waals surface area contributed by atoms with Crippen molar-refractivity contribution in [3.8, 4) is 0 Å². The van der Waals surface area contributed by atoms with Crippen LogP contribution in [0.25, 0.3) is 0 Å². The highest BCUT2D eigenvalue weighted by molar-refractivity contribution is 6.36. The minimum atomic E-state index is -0.565. The lowest BCUT2D eigenvalue weighted by Crippen LogP contribution is -2.35. The van der Waals surface area contributed by atoms with E-state index < -0.39 is 6.04 Å². The largest absolute Gasteiger partial charge is 0.373 e. The molecule has 1 fully saturated rings. The van der Waals surface area contributed by atoms with Crippen LogP contribution in [0.3, 0.4) is 0 Å². The first-order valence-corrected chi connectivity index (χ1v) is 7.39. The molecule has 1 atom stereocenters. The molecule has 0 aliphatic carbocycles. The molecule has 22 heavy (non-hydrogen) atoms. The fourth-order valence-corrected chi connectivity index (χ4v) is 2.77. The molecule has 1 aliphatic heterocycles. The number of anilines is 2. The van der Waals surface area contributed by atoms with Gasteiger partial charge in [-0.05, 0) is 30.7 Å². The van der Waals surface area contributed by atoms with E-state index in [4.69, 9.17) is 11.6 Å². The number of hydrogen-bond donors (Lipinski definition) is 1. The standard InChI is InChI=1S/C17H15ClN2O2/c1-11-6-2-4-8-13(11)19-14-10-16(21)20(17(14)22)15-9-5-3-7-12(15)18/h2-9,14,19H,10H2,1H3/t14-/m0/s1. The molecule has 0 aromatic heterocycles. The number of nitrogens with zero attached hydrogens (tertiary/aromatic N) is 1. The maximum Gasteiger partial charge on any atom is 0.256 e. The van der Waals surface area contributed by atoms with Crippen LogP contribution in [0.5, 0.6) is 0 Å². The molecule has 0 unspecified atom stereocenters. The molecule has 4 nitrogen and oxygen atoms in total. The SMILES string of the molecule is Cc1ccccc1N[C@H]1CC(=O)N(c2ccccc2Cl)C1=O.